The molecule has 5 saturated heterocycles. The first-order valence-corrected chi connectivity index (χ1v) is 21.1. The van der Waals surface area contributed by atoms with Crippen molar-refractivity contribution in [2.75, 3.05) is 81.1 Å². The first-order valence-electron chi connectivity index (χ1n) is 21.1. The summed E-state index contributed by atoms with van der Waals surface area (Å²) < 4.78 is 5.90. The number of likely N-dealkylation sites (tertiary alicyclic amines) is 1. The number of benzene rings is 2. The second kappa shape index (κ2) is 14.8. The van der Waals surface area contributed by atoms with Gasteiger partial charge in [-0.25, -0.2) is 14.8 Å². The smallest absolute Gasteiger partial charge is 0.320 e. The van der Waals surface area contributed by atoms with Crippen molar-refractivity contribution in [2.24, 2.45) is 17.1 Å². The summed E-state index contributed by atoms with van der Waals surface area (Å²) in [4.78, 5) is 69.5. The molecule has 308 valence electrons. The fourth-order valence-electron chi connectivity index (χ4n) is 10.6. The number of amides is 5. The third-order valence-electron chi connectivity index (χ3n) is 13.7. The van der Waals surface area contributed by atoms with Crippen molar-refractivity contribution < 1.29 is 23.7 Å². The van der Waals surface area contributed by atoms with Crippen LogP contribution in [0, 0.1) is 11.3 Å². The van der Waals surface area contributed by atoms with Gasteiger partial charge in [-0.1, -0.05) is 11.2 Å². The molecule has 0 saturated carbocycles. The summed E-state index contributed by atoms with van der Waals surface area (Å²) in [5.74, 6) is 0.00268. The minimum absolute atomic E-state index is 0.0701. The zero-order valence-corrected chi connectivity index (χ0v) is 33.5. The van der Waals surface area contributed by atoms with Gasteiger partial charge < -0.3 is 40.1 Å². The van der Waals surface area contributed by atoms with E-state index < -0.39 is 11.8 Å². The van der Waals surface area contributed by atoms with Crippen LogP contribution in [0.2, 0.25) is 0 Å². The van der Waals surface area contributed by atoms with E-state index in [2.05, 4.69) is 59.7 Å². The van der Waals surface area contributed by atoms with Crippen LogP contribution in [-0.2, 0) is 22.4 Å². The van der Waals surface area contributed by atoms with E-state index in [9.17, 15) is 19.2 Å². The first kappa shape index (κ1) is 37.5. The van der Waals surface area contributed by atoms with E-state index in [1.54, 1.807) is 11.1 Å². The zero-order chi connectivity index (χ0) is 40.4. The van der Waals surface area contributed by atoms with Crippen molar-refractivity contribution in [3.8, 4) is 0 Å². The number of likely N-dealkylation sites (N-methyl/N-ethyl adjacent to an activating group) is 1. The third kappa shape index (κ3) is 7.00. The Balaban J connectivity index is 0.720. The molecular weight excluding hydrogens is 751 g/mol. The molecule has 4 aromatic rings. The predicted octanol–water partition coefficient (Wildman–Crippen LogP) is 3.63. The molecule has 2 aromatic heterocycles. The summed E-state index contributed by atoms with van der Waals surface area (Å²) in [5.41, 5.74) is 12.0. The molecule has 4 N–H and O–H groups in total. The first-order chi connectivity index (χ1) is 28.6. The van der Waals surface area contributed by atoms with Gasteiger partial charge >= 0.3 is 6.03 Å². The molecule has 10 rings (SSSR count). The number of piperidine rings is 3. The molecule has 59 heavy (non-hydrogen) atoms. The number of fused-ring (bicyclic) bond motifs is 3. The second-order valence-electron chi connectivity index (χ2n) is 17.7. The van der Waals surface area contributed by atoms with Crippen LogP contribution in [0.25, 0.3) is 11.0 Å². The van der Waals surface area contributed by atoms with Crippen LogP contribution >= 0.6 is 0 Å². The van der Waals surface area contributed by atoms with Gasteiger partial charge in [0.2, 0.25) is 11.8 Å². The van der Waals surface area contributed by atoms with Gasteiger partial charge in [0.1, 0.15) is 11.5 Å². The lowest BCUT2D eigenvalue weighted by molar-refractivity contribution is -0.134. The van der Waals surface area contributed by atoms with Gasteiger partial charge in [-0.15, -0.1) is 0 Å². The standard InChI is InChI=1S/C43H51N11O5/c1-50-17-18-54(42(50)58)30-3-2-14-53(23-30)34-21-45-37(39(44)56)40(47-34)46-28-5-7-29(8-6-28)52-15-12-26(13-16-52)22-51-24-43(25-51)19-27-4-9-31-36(49-59-38(31)33(27)20-43)32-10-11-35(55)48-41(32)57/h4-9,21,26,30,32H,2-3,10-20,22-25H2,1H3,(H2,44,56)(H,46,47)(H,48,55,57)/t30-,32?/m1/s1. The van der Waals surface area contributed by atoms with Gasteiger partial charge in [0.25, 0.3) is 5.91 Å². The third-order valence-corrected chi connectivity index (χ3v) is 13.7. The lowest BCUT2D eigenvalue weighted by Gasteiger charge is -2.50. The summed E-state index contributed by atoms with van der Waals surface area (Å²) >= 11 is 0. The van der Waals surface area contributed by atoms with Crippen molar-refractivity contribution >= 4 is 57.7 Å². The molecule has 0 bridgehead atoms. The monoisotopic (exact) mass is 801 g/mol. The molecular formula is C43H51N11O5. The molecule has 6 aliphatic rings. The summed E-state index contributed by atoms with van der Waals surface area (Å²) in [6, 6.07) is 12.7. The molecule has 5 amide bonds. The van der Waals surface area contributed by atoms with E-state index in [0.29, 0.717) is 42.6 Å². The molecule has 16 nitrogen and oxygen atoms in total. The summed E-state index contributed by atoms with van der Waals surface area (Å²) in [6.45, 7) is 8.18. The number of rotatable bonds is 9. The maximum atomic E-state index is 12.7. The minimum Gasteiger partial charge on any atom is -0.372 e. The molecule has 5 fully saturated rings. The molecule has 1 spiro atoms. The Bertz CT molecular complexity index is 2320. The Morgan fingerprint density at radius 3 is 2.53 bits per heavy atom. The molecule has 1 unspecified atom stereocenters. The number of nitrogens with one attached hydrogen (secondary N) is 2. The van der Waals surface area contributed by atoms with E-state index in [1.165, 1.54) is 11.1 Å². The predicted molar refractivity (Wildman–Crippen MR) is 221 cm³/mol. The zero-order valence-electron chi connectivity index (χ0n) is 33.5. The number of hydrogen-bond acceptors (Lipinski definition) is 12. The molecule has 5 aliphatic heterocycles. The normalized spacial score (nSPS) is 23.6. The maximum absolute atomic E-state index is 12.7. The van der Waals surface area contributed by atoms with E-state index in [4.69, 9.17) is 15.2 Å². The van der Waals surface area contributed by atoms with Gasteiger partial charge in [0.15, 0.2) is 17.1 Å². The van der Waals surface area contributed by atoms with Gasteiger partial charge in [-0.2, -0.15) is 0 Å². The quantitative estimate of drug-likeness (QED) is 0.209. The molecule has 2 atom stereocenters. The number of primary amides is 1. The lowest BCUT2D eigenvalue weighted by atomic mass is 9.76. The number of imide groups is 1. The van der Waals surface area contributed by atoms with E-state index in [0.717, 1.165) is 113 Å². The van der Waals surface area contributed by atoms with Gasteiger partial charge in [0.05, 0.1) is 18.2 Å². The van der Waals surface area contributed by atoms with Crippen molar-refractivity contribution in [1.29, 1.82) is 0 Å². The van der Waals surface area contributed by atoms with Crippen molar-refractivity contribution in [3.63, 3.8) is 0 Å². The molecule has 16 heteroatoms. The highest BCUT2D eigenvalue weighted by molar-refractivity contribution is 6.02. The number of aromatic nitrogens is 3. The average Bonchev–Trinajstić information content (AvgIpc) is 3.93. The summed E-state index contributed by atoms with van der Waals surface area (Å²) in [6.07, 6.45) is 8.52. The molecule has 1 aliphatic carbocycles. The maximum Gasteiger partial charge on any atom is 0.320 e. The molecule has 0 radical (unpaired) electrons. The highest BCUT2D eigenvalue weighted by Gasteiger charge is 2.48. The number of hydrogen-bond donors (Lipinski definition) is 3. The SMILES string of the molecule is CN1CCN([C@@H]2CCCN(c3cnc(C(N)=O)c(Nc4ccc(N5CCC(CN6CC7(Cc8ccc9c(C%10CCC(=O)NC%10=O)noc9c8C7)C6)CC5)cc4)n3)C2)C1=O. The van der Waals surface area contributed by atoms with Crippen LogP contribution in [0.4, 0.5) is 27.8 Å². The fourth-order valence-corrected chi connectivity index (χ4v) is 10.6. The van der Waals surface area contributed by atoms with E-state index in [-0.39, 0.29) is 35.0 Å². The number of nitrogens with two attached hydrogens (primary N) is 1. The number of urea groups is 1. The molecule has 2 aromatic carbocycles. The van der Waals surface area contributed by atoms with Crippen molar-refractivity contribution in [2.45, 2.75) is 63.3 Å². The van der Waals surface area contributed by atoms with Gasteiger partial charge in [0, 0.05) is 100 Å². The number of nitrogens with zero attached hydrogens (tertiary/aromatic N) is 8. The van der Waals surface area contributed by atoms with Crippen LogP contribution in [0.3, 0.4) is 0 Å². The van der Waals surface area contributed by atoms with Crippen molar-refractivity contribution in [1.82, 2.24) is 35.1 Å². The topological polar surface area (TPSA) is 186 Å². The summed E-state index contributed by atoms with van der Waals surface area (Å²) in [7, 11) is 1.84. The van der Waals surface area contributed by atoms with Crippen LogP contribution in [0.1, 0.15) is 71.8 Å². The van der Waals surface area contributed by atoms with Crippen LogP contribution in [0.15, 0.2) is 47.1 Å². The molecule has 7 heterocycles. The average molecular weight is 802 g/mol. The van der Waals surface area contributed by atoms with Gasteiger partial charge in [-0.05, 0) is 86.8 Å². The van der Waals surface area contributed by atoms with Crippen molar-refractivity contribution in [3.05, 3.63) is 65.1 Å². The fraction of sp³-hybridized carbons (Fsp3) is 0.512. The van der Waals surface area contributed by atoms with Gasteiger partial charge in [-0.3, -0.25) is 19.7 Å². The number of carbonyl (C=O) groups excluding carboxylic acids is 4. The van der Waals surface area contributed by atoms with Crippen LogP contribution in [0.5, 0.6) is 0 Å². The van der Waals surface area contributed by atoms with Crippen LogP contribution in [-0.4, -0.2) is 126 Å². The largest absolute Gasteiger partial charge is 0.372 e. The Kier molecular flexibility index (Phi) is 9.41. The Morgan fingerprint density at radius 2 is 1.78 bits per heavy atom. The van der Waals surface area contributed by atoms with Crippen LogP contribution < -0.4 is 26.2 Å². The highest BCUT2D eigenvalue weighted by Crippen LogP contribution is 2.47. The van der Waals surface area contributed by atoms with E-state index in [1.807, 2.05) is 24.1 Å². The number of carbonyl (C=O) groups is 4. The Morgan fingerprint density at radius 1 is 0.966 bits per heavy atom. The minimum atomic E-state index is -0.648. The second-order valence-corrected chi connectivity index (χ2v) is 17.7. The number of anilines is 4. The lowest BCUT2D eigenvalue weighted by Crippen LogP contribution is -2.58. The highest BCUT2D eigenvalue weighted by atomic mass is 16.5. The van der Waals surface area contributed by atoms with E-state index >= 15 is 0 Å². The Hall–Kier alpha value is -5.77. The summed E-state index contributed by atoms with van der Waals surface area (Å²) in [5, 5.41) is 11.0. The Labute approximate surface area is 342 Å².